The van der Waals surface area contributed by atoms with E-state index in [1.54, 1.807) is 17.0 Å². The summed E-state index contributed by atoms with van der Waals surface area (Å²) in [7, 11) is 1.82. The molecule has 2 aromatic heterocycles. The van der Waals surface area contributed by atoms with Gasteiger partial charge in [0.1, 0.15) is 12.1 Å². The molecule has 188 valence electrons. The number of carbonyl (C=O) groups is 1. The molecule has 4 heterocycles. The van der Waals surface area contributed by atoms with Gasteiger partial charge in [0.15, 0.2) is 17.2 Å². The van der Waals surface area contributed by atoms with Gasteiger partial charge in [0, 0.05) is 45.8 Å². The molecule has 3 aromatic rings. The van der Waals surface area contributed by atoms with E-state index in [4.69, 9.17) is 11.6 Å². The first-order valence-corrected chi connectivity index (χ1v) is 12.5. The summed E-state index contributed by atoms with van der Waals surface area (Å²) >= 11 is 6.89. The Morgan fingerprint density at radius 3 is 2.70 bits per heavy atom. The predicted octanol–water partition coefficient (Wildman–Crippen LogP) is 1.80. The smallest absolute Gasteiger partial charge is 0.247 e. The van der Waals surface area contributed by atoms with E-state index in [0.717, 1.165) is 32.5 Å². The molecule has 1 aromatic carbocycles. The van der Waals surface area contributed by atoms with Gasteiger partial charge in [-0.2, -0.15) is 20.0 Å². The van der Waals surface area contributed by atoms with Crippen molar-refractivity contribution in [3.05, 3.63) is 34.6 Å². The summed E-state index contributed by atoms with van der Waals surface area (Å²) in [6, 6.07) is 7.74. The van der Waals surface area contributed by atoms with Crippen molar-refractivity contribution >= 4 is 46.3 Å². The Labute approximate surface area is 218 Å². The number of hydrogen-bond acceptors (Lipinski definition) is 10. The Morgan fingerprint density at radius 2 is 1.95 bits per heavy atom. The zero-order valence-electron chi connectivity index (χ0n) is 20.1. The van der Waals surface area contributed by atoms with Crippen LogP contribution in [0.1, 0.15) is 24.1 Å². The number of amides is 1. The summed E-state index contributed by atoms with van der Waals surface area (Å²) in [5, 5.41) is 30.6. The molecule has 0 bridgehead atoms. The van der Waals surface area contributed by atoms with Gasteiger partial charge in [0.25, 0.3) is 0 Å². The Kier molecular flexibility index (Phi) is 5.71. The highest BCUT2D eigenvalue weighted by molar-refractivity contribution is 6.36. The van der Waals surface area contributed by atoms with Crippen LogP contribution in [0.5, 0.6) is 0 Å². The van der Waals surface area contributed by atoms with E-state index in [1.165, 1.54) is 10.7 Å². The number of anilines is 4. The first kappa shape index (κ1) is 23.3. The highest BCUT2D eigenvalue weighted by atomic mass is 35.5. The van der Waals surface area contributed by atoms with Gasteiger partial charge in [-0.1, -0.05) is 11.6 Å². The molecular formula is C24H24ClN11O. The molecule has 0 radical (unpaired) electrons. The molecule has 0 spiro atoms. The quantitative estimate of drug-likeness (QED) is 0.514. The van der Waals surface area contributed by atoms with E-state index in [9.17, 15) is 15.3 Å². The summed E-state index contributed by atoms with van der Waals surface area (Å²) in [5.41, 5.74) is 2.28. The average Bonchev–Trinajstić information content (AvgIpc) is 3.63. The fourth-order valence-electron chi connectivity index (χ4n) is 4.83. The van der Waals surface area contributed by atoms with Crippen LogP contribution in [-0.4, -0.2) is 87.1 Å². The molecule has 6 rings (SSSR count). The number of imidazole rings is 1. The lowest BCUT2D eigenvalue weighted by atomic mass is 10.1. The maximum absolute atomic E-state index is 12.8. The minimum Gasteiger partial charge on any atom is -0.367 e. The zero-order valence-corrected chi connectivity index (χ0v) is 20.9. The van der Waals surface area contributed by atoms with Gasteiger partial charge >= 0.3 is 0 Å². The number of nitrogens with one attached hydrogen (secondary N) is 2. The van der Waals surface area contributed by atoms with Gasteiger partial charge in [0.2, 0.25) is 11.9 Å². The molecule has 2 saturated heterocycles. The van der Waals surface area contributed by atoms with Gasteiger partial charge in [-0.05, 0) is 25.0 Å². The van der Waals surface area contributed by atoms with Crippen molar-refractivity contribution in [3.63, 3.8) is 0 Å². The van der Waals surface area contributed by atoms with Gasteiger partial charge < -0.3 is 20.4 Å². The number of likely N-dealkylation sites (N-methyl/N-ethyl adjacent to an activating group) is 1. The molecule has 1 saturated carbocycles. The van der Waals surface area contributed by atoms with E-state index in [0.29, 0.717) is 52.6 Å². The molecule has 1 unspecified atom stereocenters. The molecule has 3 aliphatic rings. The van der Waals surface area contributed by atoms with Crippen LogP contribution >= 0.6 is 11.6 Å². The SMILES string of the molecule is CN1CCN2CCN(c3cc(C#N)cc(Nc4nc(NC5CC5)c5ncc(C#N)n5n4)c3Cl)CC2C1=O. The molecule has 2 N–H and O–H groups in total. The third-order valence-corrected chi connectivity index (χ3v) is 7.44. The zero-order chi connectivity index (χ0) is 25.7. The number of nitrogens with zero attached hydrogens (tertiary/aromatic N) is 9. The minimum absolute atomic E-state index is 0.0906. The molecule has 3 fully saturated rings. The molecule has 2 aliphatic heterocycles. The lowest BCUT2D eigenvalue weighted by Crippen LogP contribution is -2.64. The van der Waals surface area contributed by atoms with Crippen molar-refractivity contribution in [3.8, 4) is 12.1 Å². The van der Waals surface area contributed by atoms with Crippen molar-refractivity contribution in [1.29, 1.82) is 10.5 Å². The van der Waals surface area contributed by atoms with Crippen LogP contribution in [0.2, 0.25) is 5.02 Å². The van der Waals surface area contributed by atoms with Crippen molar-refractivity contribution in [2.75, 3.05) is 55.3 Å². The van der Waals surface area contributed by atoms with Crippen molar-refractivity contribution in [2.45, 2.75) is 24.9 Å². The largest absolute Gasteiger partial charge is 0.367 e. The number of fused-ring (bicyclic) bond motifs is 2. The van der Waals surface area contributed by atoms with Gasteiger partial charge in [0.05, 0.1) is 34.2 Å². The van der Waals surface area contributed by atoms with Gasteiger partial charge in [-0.3, -0.25) is 9.69 Å². The number of benzene rings is 1. The number of halogens is 1. The van der Waals surface area contributed by atoms with Gasteiger partial charge in [-0.25, -0.2) is 4.98 Å². The summed E-state index contributed by atoms with van der Waals surface area (Å²) in [5.74, 6) is 0.820. The van der Waals surface area contributed by atoms with Crippen molar-refractivity contribution in [2.24, 2.45) is 0 Å². The first-order valence-electron chi connectivity index (χ1n) is 12.1. The number of rotatable bonds is 5. The third kappa shape index (κ3) is 4.24. The molecule has 12 nitrogen and oxygen atoms in total. The second-order valence-corrected chi connectivity index (χ2v) is 9.92. The van der Waals surface area contributed by atoms with E-state index < -0.39 is 0 Å². The van der Waals surface area contributed by atoms with E-state index in [1.807, 2.05) is 7.05 Å². The summed E-state index contributed by atoms with van der Waals surface area (Å²) in [6.45, 7) is 3.46. The fraction of sp³-hybridized carbons (Fsp3) is 0.417. The van der Waals surface area contributed by atoms with Crippen LogP contribution < -0.4 is 15.5 Å². The summed E-state index contributed by atoms with van der Waals surface area (Å²) in [6.07, 6.45) is 3.53. The second-order valence-electron chi connectivity index (χ2n) is 9.54. The summed E-state index contributed by atoms with van der Waals surface area (Å²) < 4.78 is 1.44. The number of nitriles is 2. The Hall–Kier alpha value is -4.13. The minimum atomic E-state index is -0.252. The normalized spacial score (nSPS) is 19.9. The second kappa shape index (κ2) is 9.07. The standard InChI is InChI=1S/C24H24ClN11O/c1-33-4-5-34-6-7-35(13-19(34)23(33)37)18-9-14(10-26)8-17(20(18)25)30-24-31-21(29-15-2-3-15)22-28-12-16(11-27)36(22)32-24/h8-9,12,15,19H,2-7,13H2,1H3,(H2,29,30,31,32). The van der Waals surface area contributed by atoms with E-state index in [-0.39, 0.29) is 23.6 Å². The van der Waals surface area contributed by atoms with Crippen molar-refractivity contribution < 1.29 is 4.79 Å². The molecule has 1 aliphatic carbocycles. The van der Waals surface area contributed by atoms with Crippen LogP contribution in [-0.2, 0) is 4.79 Å². The van der Waals surface area contributed by atoms with E-state index >= 15 is 0 Å². The molecule has 37 heavy (non-hydrogen) atoms. The Morgan fingerprint density at radius 1 is 1.14 bits per heavy atom. The summed E-state index contributed by atoms with van der Waals surface area (Å²) in [4.78, 5) is 27.7. The highest BCUT2D eigenvalue weighted by Gasteiger charge is 2.38. The number of hydrogen-bond donors (Lipinski definition) is 2. The Bertz CT molecular complexity index is 1480. The predicted molar refractivity (Wildman–Crippen MR) is 137 cm³/mol. The number of carbonyl (C=O) groups excluding carboxylic acids is 1. The average molecular weight is 518 g/mol. The highest BCUT2D eigenvalue weighted by Crippen LogP contribution is 2.37. The molecule has 1 atom stereocenters. The lowest BCUT2D eigenvalue weighted by molar-refractivity contribution is -0.140. The lowest BCUT2D eigenvalue weighted by Gasteiger charge is -2.46. The topological polar surface area (TPSA) is 142 Å². The van der Waals surface area contributed by atoms with E-state index in [2.05, 4.69) is 47.6 Å². The van der Waals surface area contributed by atoms with Crippen LogP contribution in [0.25, 0.3) is 5.65 Å². The van der Waals surface area contributed by atoms with Gasteiger partial charge in [-0.15, -0.1) is 5.10 Å². The Balaban J connectivity index is 1.35. The molecule has 13 heteroatoms. The third-order valence-electron chi connectivity index (χ3n) is 7.04. The van der Waals surface area contributed by atoms with Crippen LogP contribution in [0, 0.1) is 22.7 Å². The number of aromatic nitrogens is 4. The van der Waals surface area contributed by atoms with Crippen LogP contribution in [0.15, 0.2) is 18.3 Å². The maximum Gasteiger partial charge on any atom is 0.247 e. The maximum atomic E-state index is 12.8. The first-order chi connectivity index (χ1) is 17.9. The fourth-order valence-corrected chi connectivity index (χ4v) is 5.10. The molecular weight excluding hydrogens is 494 g/mol. The molecule has 1 amide bonds. The monoisotopic (exact) mass is 517 g/mol. The number of piperazine rings is 2. The van der Waals surface area contributed by atoms with Crippen molar-refractivity contribution in [1.82, 2.24) is 29.4 Å². The van der Waals surface area contributed by atoms with Crippen LogP contribution in [0.4, 0.5) is 23.1 Å². The van der Waals surface area contributed by atoms with Crippen LogP contribution in [0.3, 0.4) is 0 Å².